The minimum Gasteiger partial charge on any atom is -0.278 e. The fourth-order valence-corrected chi connectivity index (χ4v) is 4.38. The monoisotopic (exact) mass is 455 g/mol. The molecule has 0 saturated carbocycles. The first-order valence-electron chi connectivity index (χ1n) is 9.33. The first-order valence-corrected chi connectivity index (χ1v) is 10.1. The standard InChI is InChI=1S/C21H15Cl2N5O3/c1-25-19(29)18-16-10-24-17(12-5-3-4-6-14(12)23)13-9-11(22)7-8-15(13)27(16)21(31)28(18)26(2)20(25)30/h3-9H,10H2,1-2H3. The van der Waals surface area contributed by atoms with Crippen LogP contribution < -0.4 is 16.9 Å². The molecule has 1 aliphatic rings. The number of nitrogens with zero attached hydrogens (tertiary/aromatic N) is 5. The lowest BCUT2D eigenvalue weighted by Gasteiger charge is -2.12. The molecule has 0 N–H and O–H groups in total. The van der Waals surface area contributed by atoms with Crippen molar-refractivity contribution in [1.82, 2.24) is 18.3 Å². The highest BCUT2D eigenvalue weighted by molar-refractivity contribution is 6.36. The molecule has 0 aliphatic carbocycles. The number of imidazole rings is 1. The fraction of sp³-hybridized carbons (Fsp3) is 0.143. The van der Waals surface area contributed by atoms with Gasteiger partial charge in [-0.05, 0) is 24.3 Å². The van der Waals surface area contributed by atoms with Crippen LogP contribution in [0.15, 0.2) is 61.8 Å². The summed E-state index contributed by atoms with van der Waals surface area (Å²) in [5.74, 6) is 0. The van der Waals surface area contributed by atoms with E-state index in [1.165, 1.54) is 18.7 Å². The zero-order valence-electron chi connectivity index (χ0n) is 16.5. The molecule has 0 radical (unpaired) electrons. The Morgan fingerprint density at radius 1 is 0.935 bits per heavy atom. The van der Waals surface area contributed by atoms with Gasteiger partial charge in [-0.25, -0.2) is 14.3 Å². The number of hydrogen-bond acceptors (Lipinski definition) is 4. The summed E-state index contributed by atoms with van der Waals surface area (Å²) in [6.07, 6.45) is 0. The van der Waals surface area contributed by atoms with E-state index in [1.807, 2.05) is 18.2 Å². The maximum absolute atomic E-state index is 13.4. The van der Waals surface area contributed by atoms with Crippen LogP contribution in [0.1, 0.15) is 16.8 Å². The van der Waals surface area contributed by atoms with Crippen LogP contribution >= 0.6 is 23.2 Å². The Morgan fingerprint density at radius 3 is 2.42 bits per heavy atom. The highest BCUT2D eigenvalue weighted by Gasteiger charge is 2.27. The Labute approximate surface area is 184 Å². The van der Waals surface area contributed by atoms with Gasteiger partial charge in [-0.15, -0.1) is 0 Å². The normalized spacial score (nSPS) is 13.0. The molecule has 31 heavy (non-hydrogen) atoms. The van der Waals surface area contributed by atoms with Gasteiger partial charge >= 0.3 is 11.4 Å². The van der Waals surface area contributed by atoms with Crippen LogP contribution in [0, 0.1) is 0 Å². The predicted octanol–water partition coefficient (Wildman–Crippen LogP) is 2.15. The average molecular weight is 456 g/mol. The molecule has 10 heteroatoms. The van der Waals surface area contributed by atoms with Crippen LogP contribution in [0.4, 0.5) is 0 Å². The van der Waals surface area contributed by atoms with Gasteiger partial charge in [-0.1, -0.05) is 41.4 Å². The quantitative estimate of drug-likeness (QED) is 0.440. The van der Waals surface area contributed by atoms with Gasteiger partial charge in [0.1, 0.15) is 0 Å². The molecule has 5 rings (SSSR count). The molecule has 0 amide bonds. The Bertz CT molecular complexity index is 1620. The first-order chi connectivity index (χ1) is 14.8. The van der Waals surface area contributed by atoms with Gasteiger partial charge in [0.2, 0.25) is 0 Å². The van der Waals surface area contributed by atoms with Gasteiger partial charge in [0.05, 0.1) is 23.6 Å². The molecule has 0 unspecified atom stereocenters. The van der Waals surface area contributed by atoms with E-state index in [9.17, 15) is 14.4 Å². The Morgan fingerprint density at radius 2 is 1.68 bits per heavy atom. The topological polar surface area (TPSA) is 82.8 Å². The minimum absolute atomic E-state index is 0.0338. The van der Waals surface area contributed by atoms with Gasteiger partial charge in [-0.2, -0.15) is 4.52 Å². The summed E-state index contributed by atoms with van der Waals surface area (Å²) in [4.78, 5) is 43.5. The first kappa shape index (κ1) is 19.6. The van der Waals surface area contributed by atoms with Crippen molar-refractivity contribution in [3.63, 3.8) is 0 Å². The molecule has 2 aromatic heterocycles. The SMILES string of the molecule is Cn1c(=O)c2c3n(c(=O)n2n(C)c1=O)-c1ccc(Cl)cc1C(c1ccccc1Cl)=NC3. The third-order valence-electron chi connectivity index (χ3n) is 5.47. The number of aryl methyl sites for hydroxylation is 1. The molecule has 8 nitrogen and oxygen atoms in total. The Hall–Kier alpha value is -3.36. The number of halogens is 2. The van der Waals surface area contributed by atoms with Crippen molar-refractivity contribution in [3.05, 3.63) is 101 Å². The van der Waals surface area contributed by atoms with E-state index in [-0.39, 0.29) is 12.1 Å². The Balaban J connectivity index is 1.96. The van der Waals surface area contributed by atoms with E-state index in [0.29, 0.717) is 38.3 Å². The van der Waals surface area contributed by atoms with Crippen LogP contribution in [0.3, 0.4) is 0 Å². The zero-order valence-corrected chi connectivity index (χ0v) is 18.0. The lowest BCUT2D eigenvalue weighted by atomic mass is 10.0. The second-order valence-corrected chi connectivity index (χ2v) is 8.05. The number of aromatic nitrogens is 4. The molecular weight excluding hydrogens is 441 g/mol. The summed E-state index contributed by atoms with van der Waals surface area (Å²) < 4.78 is 4.60. The summed E-state index contributed by atoms with van der Waals surface area (Å²) >= 11 is 12.7. The summed E-state index contributed by atoms with van der Waals surface area (Å²) in [5, 5.41) is 0.959. The summed E-state index contributed by atoms with van der Waals surface area (Å²) in [7, 11) is 2.82. The lowest BCUT2D eigenvalue weighted by molar-refractivity contribution is 0.562. The smallest absolute Gasteiger partial charge is 0.278 e. The third kappa shape index (κ3) is 2.68. The number of rotatable bonds is 1. The molecule has 0 atom stereocenters. The molecule has 1 aliphatic heterocycles. The predicted molar refractivity (Wildman–Crippen MR) is 119 cm³/mol. The summed E-state index contributed by atoms with van der Waals surface area (Å²) in [6.45, 7) is 0.0338. The molecule has 3 heterocycles. The molecule has 0 spiro atoms. The fourth-order valence-electron chi connectivity index (χ4n) is 3.98. The van der Waals surface area contributed by atoms with E-state index < -0.39 is 16.9 Å². The average Bonchev–Trinajstić information content (AvgIpc) is 2.93. The molecule has 0 fully saturated rings. The van der Waals surface area contributed by atoms with Crippen molar-refractivity contribution < 1.29 is 0 Å². The molecule has 4 aromatic rings. The Kier molecular flexibility index (Phi) is 4.32. The van der Waals surface area contributed by atoms with E-state index in [2.05, 4.69) is 0 Å². The number of aliphatic imine (C=N–C) groups is 1. The summed E-state index contributed by atoms with van der Waals surface area (Å²) in [6, 6.07) is 12.3. The van der Waals surface area contributed by atoms with E-state index in [0.717, 1.165) is 13.8 Å². The van der Waals surface area contributed by atoms with E-state index >= 15 is 0 Å². The molecule has 0 bridgehead atoms. The van der Waals surface area contributed by atoms with Crippen molar-refractivity contribution in [2.24, 2.45) is 19.1 Å². The van der Waals surface area contributed by atoms with Gasteiger partial charge < -0.3 is 0 Å². The van der Waals surface area contributed by atoms with Crippen LogP contribution in [0.2, 0.25) is 10.0 Å². The van der Waals surface area contributed by atoms with Crippen molar-refractivity contribution in [2.45, 2.75) is 6.54 Å². The highest BCUT2D eigenvalue weighted by atomic mass is 35.5. The van der Waals surface area contributed by atoms with Crippen molar-refractivity contribution >= 4 is 34.4 Å². The van der Waals surface area contributed by atoms with Crippen LogP contribution in [-0.2, 0) is 20.6 Å². The van der Waals surface area contributed by atoms with Gasteiger partial charge in [0.15, 0.2) is 5.52 Å². The van der Waals surface area contributed by atoms with Crippen molar-refractivity contribution in [3.8, 4) is 5.69 Å². The highest BCUT2D eigenvalue weighted by Crippen LogP contribution is 2.30. The van der Waals surface area contributed by atoms with Gasteiger partial charge in [0, 0.05) is 35.3 Å². The molecule has 2 aromatic carbocycles. The second-order valence-electron chi connectivity index (χ2n) is 7.20. The molecule has 0 saturated heterocycles. The van der Waals surface area contributed by atoms with Gasteiger partial charge in [0.25, 0.3) is 5.56 Å². The zero-order chi connectivity index (χ0) is 22.0. The van der Waals surface area contributed by atoms with Crippen LogP contribution in [-0.4, -0.2) is 24.0 Å². The number of fused-ring (bicyclic) bond motifs is 5. The number of hydrogen-bond donors (Lipinski definition) is 0. The number of benzene rings is 2. The van der Waals surface area contributed by atoms with Crippen LogP contribution in [0.5, 0.6) is 0 Å². The van der Waals surface area contributed by atoms with Crippen LogP contribution in [0.25, 0.3) is 11.2 Å². The third-order valence-corrected chi connectivity index (χ3v) is 6.03. The minimum atomic E-state index is -0.600. The van der Waals surface area contributed by atoms with E-state index in [1.54, 1.807) is 24.3 Å². The van der Waals surface area contributed by atoms with E-state index in [4.69, 9.17) is 28.2 Å². The largest absolute Gasteiger partial charge is 0.352 e. The second kappa shape index (κ2) is 6.83. The lowest BCUT2D eigenvalue weighted by Crippen LogP contribution is -2.42. The van der Waals surface area contributed by atoms with Crippen molar-refractivity contribution in [2.75, 3.05) is 0 Å². The summed E-state index contributed by atoms with van der Waals surface area (Å²) in [5.41, 5.74) is 1.11. The van der Waals surface area contributed by atoms with Gasteiger partial charge in [-0.3, -0.25) is 18.9 Å². The maximum Gasteiger partial charge on any atom is 0.352 e. The molecule has 156 valence electrons. The van der Waals surface area contributed by atoms with Crippen molar-refractivity contribution in [1.29, 1.82) is 0 Å². The molecular formula is C21H15Cl2N5O3. The maximum atomic E-state index is 13.4.